The fourth-order valence-electron chi connectivity index (χ4n) is 5.35. The molecule has 204 valence electrons. The number of likely N-dealkylation sites (tertiary alicyclic amines) is 1. The van der Waals surface area contributed by atoms with E-state index >= 15 is 0 Å². The number of β-amino-alcohol motifs (C(OH)–C–C–N with tert-alkyl or cyclic N) is 1. The maximum Gasteiger partial charge on any atom is 0.269 e. The lowest BCUT2D eigenvalue weighted by Crippen LogP contribution is -2.37. The topological polar surface area (TPSA) is 95.7 Å². The van der Waals surface area contributed by atoms with Crippen LogP contribution >= 0.6 is 0 Å². The van der Waals surface area contributed by atoms with Crippen LogP contribution in [0.5, 0.6) is 5.75 Å². The summed E-state index contributed by atoms with van der Waals surface area (Å²) in [5.41, 5.74) is 5.82. The van der Waals surface area contributed by atoms with E-state index in [1.54, 1.807) is 60.9 Å². The summed E-state index contributed by atoms with van der Waals surface area (Å²) in [6.45, 7) is 4.39. The number of piperidine rings is 1. The Labute approximate surface area is 234 Å². The van der Waals surface area contributed by atoms with Gasteiger partial charge in [0.1, 0.15) is 5.75 Å². The number of hydrogen-bond donors (Lipinski definition) is 2. The van der Waals surface area contributed by atoms with Crippen LogP contribution in [0.3, 0.4) is 0 Å². The molecule has 0 radical (unpaired) electrons. The summed E-state index contributed by atoms with van der Waals surface area (Å²) in [7, 11) is -3.90. The average Bonchev–Trinajstić information content (AvgIpc) is 3.34. The molecule has 2 aromatic heterocycles. The molecule has 3 aromatic carbocycles. The van der Waals surface area contributed by atoms with Gasteiger partial charge < -0.3 is 10.2 Å². The van der Waals surface area contributed by atoms with Gasteiger partial charge in [0.05, 0.1) is 11.0 Å². The smallest absolute Gasteiger partial charge is 0.269 e. The van der Waals surface area contributed by atoms with Gasteiger partial charge in [-0.1, -0.05) is 54.1 Å². The van der Waals surface area contributed by atoms with Crippen molar-refractivity contribution >= 4 is 21.1 Å². The van der Waals surface area contributed by atoms with Gasteiger partial charge in [-0.05, 0) is 73.3 Å². The second-order valence-corrected chi connectivity index (χ2v) is 12.3. The number of aryl methyl sites for hydroxylation is 1. The highest BCUT2D eigenvalue weighted by atomic mass is 32.2. The molecule has 1 unspecified atom stereocenters. The Morgan fingerprint density at radius 2 is 1.62 bits per heavy atom. The number of hydrogen-bond acceptors (Lipinski definition) is 6. The molecule has 3 heterocycles. The lowest BCUT2D eigenvalue weighted by Gasteiger charge is -2.29. The molecular weight excluding hydrogens is 522 g/mol. The second kappa shape index (κ2) is 10.5. The Morgan fingerprint density at radius 3 is 2.33 bits per heavy atom. The monoisotopic (exact) mass is 553 g/mol. The summed E-state index contributed by atoms with van der Waals surface area (Å²) in [5.74, 6) is 0.137. The summed E-state index contributed by atoms with van der Waals surface area (Å²) >= 11 is 0. The van der Waals surface area contributed by atoms with Crippen molar-refractivity contribution in [3.63, 3.8) is 0 Å². The zero-order valence-corrected chi connectivity index (χ0v) is 23.1. The number of aliphatic hydroxyl groups excluding tert-OH is 1. The molecule has 7 nitrogen and oxygen atoms in total. The minimum absolute atomic E-state index is 0.137. The minimum Gasteiger partial charge on any atom is -0.508 e. The van der Waals surface area contributed by atoms with Crippen LogP contribution in [0.4, 0.5) is 0 Å². The van der Waals surface area contributed by atoms with Crippen LogP contribution in [0, 0.1) is 6.92 Å². The summed E-state index contributed by atoms with van der Waals surface area (Å²) in [6.07, 6.45) is 4.94. The zero-order chi connectivity index (χ0) is 27.9. The largest absolute Gasteiger partial charge is 0.508 e. The highest BCUT2D eigenvalue weighted by Crippen LogP contribution is 2.35. The Morgan fingerprint density at radius 1 is 0.925 bits per heavy atom. The van der Waals surface area contributed by atoms with Crippen molar-refractivity contribution in [3.8, 4) is 28.0 Å². The molecule has 2 N–H and O–H groups in total. The third-order valence-corrected chi connectivity index (χ3v) is 9.21. The fourth-order valence-corrected chi connectivity index (χ4v) is 6.68. The quantitative estimate of drug-likeness (QED) is 0.285. The molecule has 8 heteroatoms. The maximum atomic E-state index is 13.7. The van der Waals surface area contributed by atoms with Crippen molar-refractivity contribution in [1.29, 1.82) is 0 Å². The number of aromatic hydroxyl groups is 1. The molecule has 0 aliphatic carbocycles. The first-order chi connectivity index (χ1) is 19.3. The van der Waals surface area contributed by atoms with Crippen LogP contribution in [0.1, 0.15) is 24.0 Å². The van der Waals surface area contributed by atoms with Crippen molar-refractivity contribution in [2.24, 2.45) is 0 Å². The third-order valence-electron chi connectivity index (χ3n) is 7.54. The number of pyridine rings is 1. The van der Waals surface area contributed by atoms with Gasteiger partial charge in [0, 0.05) is 42.0 Å². The zero-order valence-electron chi connectivity index (χ0n) is 22.2. The number of phenols is 1. The van der Waals surface area contributed by atoms with E-state index in [1.165, 1.54) is 9.54 Å². The van der Waals surface area contributed by atoms with E-state index in [0.717, 1.165) is 48.2 Å². The lowest BCUT2D eigenvalue weighted by molar-refractivity contribution is 0.0668. The molecule has 1 aliphatic rings. The summed E-state index contributed by atoms with van der Waals surface area (Å²) in [6, 6.07) is 23.8. The predicted octanol–water partition coefficient (Wildman–Crippen LogP) is 5.58. The molecule has 1 aliphatic heterocycles. The van der Waals surface area contributed by atoms with Gasteiger partial charge in [-0.2, -0.15) is 0 Å². The van der Waals surface area contributed by atoms with E-state index < -0.39 is 10.0 Å². The van der Waals surface area contributed by atoms with Gasteiger partial charge >= 0.3 is 0 Å². The lowest BCUT2D eigenvalue weighted by atomic mass is 10.0. The van der Waals surface area contributed by atoms with Crippen LogP contribution in [0.15, 0.2) is 96.2 Å². The van der Waals surface area contributed by atoms with E-state index in [9.17, 15) is 18.6 Å². The van der Waals surface area contributed by atoms with E-state index in [-0.39, 0.29) is 16.7 Å². The second-order valence-electron chi connectivity index (χ2n) is 10.5. The SMILES string of the molecule is Cc1ccc(S(=O)(=O)n2cc(-c3ccc(O)cc3)c3cc(-c4ccc(CN5CCCC(O)C5)cc4)cnc32)cc1. The van der Waals surface area contributed by atoms with Gasteiger partial charge in [0.15, 0.2) is 5.65 Å². The Balaban J connectivity index is 1.40. The molecule has 0 spiro atoms. The van der Waals surface area contributed by atoms with Crippen molar-refractivity contribution < 1.29 is 18.6 Å². The van der Waals surface area contributed by atoms with Crippen LogP contribution < -0.4 is 0 Å². The fraction of sp³-hybridized carbons (Fsp3) is 0.219. The highest BCUT2D eigenvalue weighted by molar-refractivity contribution is 7.90. The minimum atomic E-state index is -3.90. The first-order valence-corrected chi connectivity index (χ1v) is 14.8. The summed E-state index contributed by atoms with van der Waals surface area (Å²) in [4.78, 5) is 7.12. The van der Waals surface area contributed by atoms with Gasteiger partial charge in [-0.3, -0.25) is 4.90 Å². The molecule has 6 rings (SSSR count). The molecule has 1 fully saturated rings. The number of phenolic OH excluding ortho intramolecular Hbond substituents is 1. The maximum absolute atomic E-state index is 13.7. The summed E-state index contributed by atoms with van der Waals surface area (Å²) in [5, 5.41) is 20.5. The summed E-state index contributed by atoms with van der Waals surface area (Å²) < 4.78 is 28.6. The van der Waals surface area contributed by atoms with E-state index in [2.05, 4.69) is 34.1 Å². The first kappa shape index (κ1) is 26.3. The number of nitrogens with zero attached hydrogens (tertiary/aromatic N) is 3. The molecule has 0 bridgehead atoms. The van der Waals surface area contributed by atoms with Crippen LogP contribution in [0.2, 0.25) is 0 Å². The van der Waals surface area contributed by atoms with Gasteiger partial charge in [-0.25, -0.2) is 17.4 Å². The predicted molar refractivity (Wildman–Crippen MR) is 157 cm³/mol. The molecule has 5 aromatic rings. The van der Waals surface area contributed by atoms with E-state index in [4.69, 9.17) is 0 Å². The average molecular weight is 554 g/mol. The van der Waals surface area contributed by atoms with Gasteiger partial charge in [-0.15, -0.1) is 0 Å². The molecule has 0 amide bonds. The Kier molecular flexibility index (Phi) is 6.92. The van der Waals surface area contributed by atoms with Crippen LogP contribution in [-0.4, -0.2) is 51.7 Å². The molecule has 1 saturated heterocycles. The van der Waals surface area contributed by atoms with E-state index in [1.807, 2.05) is 13.0 Å². The first-order valence-electron chi connectivity index (χ1n) is 13.4. The Hall–Kier alpha value is -3.98. The number of fused-ring (bicyclic) bond motifs is 1. The molecule has 1 atom stereocenters. The number of aromatic nitrogens is 2. The van der Waals surface area contributed by atoms with Gasteiger partial charge in [0.2, 0.25) is 0 Å². The molecular formula is C32H31N3O4S. The van der Waals surface area contributed by atoms with Crippen molar-refractivity contribution in [2.75, 3.05) is 13.1 Å². The van der Waals surface area contributed by atoms with Crippen molar-refractivity contribution in [2.45, 2.75) is 37.3 Å². The van der Waals surface area contributed by atoms with Crippen molar-refractivity contribution in [1.82, 2.24) is 13.9 Å². The van der Waals surface area contributed by atoms with Crippen LogP contribution in [0.25, 0.3) is 33.3 Å². The number of aliphatic hydroxyl groups is 1. The standard InChI is InChI=1S/C32H31N3O4S/c1-22-4-14-29(15-5-22)40(38,39)35-21-31(25-10-12-27(36)13-11-25)30-17-26(18-33-32(30)35)24-8-6-23(7-9-24)19-34-16-2-3-28(37)20-34/h4-15,17-18,21,28,36-37H,2-3,16,19-20H2,1H3. The Bertz CT molecular complexity index is 1760. The molecule has 40 heavy (non-hydrogen) atoms. The van der Waals surface area contributed by atoms with Crippen LogP contribution in [-0.2, 0) is 16.6 Å². The third kappa shape index (κ3) is 5.13. The normalized spacial score (nSPS) is 16.4. The highest BCUT2D eigenvalue weighted by Gasteiger charge is 2.23. The van der Waals surface area contributed by atoms with Crippen molar-refractivity contribution in [3.05, 3.63) is 102 Å². The van der Waals surface area contributed by atoms with E-state index in [0.29, 0.717) is 23.1 Å². The van der Waals surface area contributed by atoms with Gasteiger partial charge in [0.25, 0.3) is 10.0 Å². The number of benzene rings is 3. The molecule has 0 saturated carbocycles. The number of rotatable bonds is 6.